The number of para-hydroxylation sites is 3. The Labute approximate surface area is 376 Å². The third-order valence-electron chi connectivity index (χ3n) is 13.3. The topological polar surface area (TPSA) is 32.8 Å². The van der Waals surface area contributed by atoms with E-state index in [9.17, 15) is 0 Å². The molecular formula is C61H40N2O2. The molecule has 65 heavy (non-hydrogen) atoms. The van der Waals surface area contributed by atoms with Crippen molar-refractivity contribution in [2.24, 2.45) is 0 Å². The third-order valence-corrected chi connectivity index (χ3v) is 13.3. The molecule has 0 saturated carbocycles. The maximum atomic E-state index is 6.88. The number of nitrogens with zero attached hydrogens (tertiary/aromatic N) is 2. The molecule has 1 aliphatic rings. The standard InChI is InChI=1S/C61H40N2O2/c1-5-18-41(19-6-1)61(42-20-7-2-8-21-42)53-28-15-13-26-48(53)49-35-32-45(38-54(49)61)63(44-24-11-4-12-25-44)55-29-17-31-57-60(55)52-37-34-47(40-59(52)65-57)62(43-22-9-3-10-23-43)46-33-36-51-50-27-14-16-30-56(50)64-58(51)39-46/h1-40H. The molecule has 0 radical (unpaired) electrons. The first-order valence-corrected chi connectivity index (χ1v) is 22.2. The summed E-state index contributed by atoms with van der Waals surface area (Å²) in [5, 5.41) is 4.30. The summed E-state index contributed by atoms with van der Waals surface area (Å²) >= 11 is 0. The van der Waals surface area contributed by atoms with Gasteiger partial charge in [0.1, 0.15) is 22.3 Å². The number of rotatable bonds is 8. The highest BCUT2D eigenvalue weighted by Gasteiger charge is 2.46. The normalized spacial score (nSPS) is 12.7. The zero-order chi connectivity index (χ0) is 42.9. The molecule has 0 saturated heterocycles. The van der Waals surface area contributed by atoms with Crippen LogP contribution in [0.15, 0.2) is 251 Å². The molecule has 10 aromatic carbocycles. The molecule has 4 nitrogen and oxygen atoms in total. The zero-order valence-electron chi connectivity index (χ0n) is 35.3. The molecule has 12 aromatic rings. The van der Waals surface area contributed by atoms with Gasteiger partial charge in [-0.05, 0) is 112 Å². The Hall–Kier alpha value is -8.60. The number of anilines is 6. The van der Waals surface area contributed by atoms with Crippen LogP contribution in [0.5, 0.6) is 0 Å². The Morgan fingerprint density at radius 3 is 1.49 bits per heavy atom. The van der Waals surface area contributed by atoms with Gasteiger partial charge in [-0.25, -0.2) is 0 Å². The molecule has 2 aromatic heterocycles. The van der Waals surface area contributed by atoms with Crippen molar-refractivity contribution >= 4 is 78.0 Å². The van der Waals surface area contributed by atoms with Crippen LogP contribution in [0.1, 0.15) is 22.3 Å². The minimum absolute atomic E-state index is 0.531. The van der Waals surface area contributed by atoms with Crippen LogP contribution in [-0.2, 0) is 5.41 Å². The number of hydrogen-bond acceptors (Lipinski definition) is 4. The summed E-state index contributed by atoms with van der Waals surface area (Å²) in [7, 11) is 0. The van der Waals surface area contributed by atoms with Gasteiger partial charge in [-0.1, -0.05) is 152 Å². The Morgan fingerprint density at radius 1 is 0.292 bits per heavy atom. The largest absolute Gasteiger partial charge is 0.456 e. The average Bonchev–Trinajstić information content (AvgIpc) is 4.03. The summed E-state index contributed by atoms with van der Waals surface area (Å²) in [6, 6.07) is 86.8. The van der Waals surface area contributed by atoms with E-state index in [0.717, 1.165) is 78.0 Å². The van der Waals surface area contributed by atoms with Crippen LogP contribution >= 0.6 is 0 Å². The van der Waals surface area contributed by atoms with Crippen LogP contribution in [-0.4, -0.2) is 0 Å². The SMILES string of the molecule is c1ccc(N(c2ccc3c(c2)oc2ccccc23)c2ccc3c(c2)oc2cccc(N(c4ccccc4)c4ccc5c(c4)C(c4ccccc4)(c4ccccc4)c4ccccc4-5)c23)cc1. The smallest absolute Gasteiger partial charge is 0.137 e. The lowest BCUT2D eigenvalue weighted by molar-refractivity contribution is 0.669. The quantitative estimate of drug-likeness (QED) is 0.153. The highest BCUT2D eigenvalue weighted by molar-refractivity contribution is 6.14. The van der Waals surface area contributed by atoms with E-state index >= 15 is 0 Å². The van der Waals surface area contributed by atoms with Gasteiger partial charge in [-0.2, -0.15) is 0 Å². The summed E-state index contributed by atoms with van der Waals surface area (Å²) in [6.45, 7) is 0. The van der Waals surface area contributed by atoms with E-state index in [1.54, 1.807) is 0 Å². The average molecular weight is 833 g/mol. The molecule has 0 unspecified atom stereocenters. The molecule has 2 heterocycles. The van der Waals surface area contributed by atoms with Gasteiger partial charge in [-0.3, -0.25) is 0 Å². The molecule has 0 atom stereocenters. The van der Waals surface area contributed by atoms with Gasteiger partial charge < -0.3 is 18.6 Å². The molecule has 4 heteroatoms. The molecule has 306 valence electrons. The molecule has 1 aliphatic carbocycles. The molecule has 0 aliphatic heterocycles. The van der Waals surface area contributed by atoms with Crippen LogP contribution in [0, 0.1) is 0 Å². The lowest BCUT2D eigenvalue weighted by Crippen LogP contribution is -2.28. The fourth-order valence-corrected chi connectivity index (χ4v) is 10.6. The van der Waals surface area contributed by atoms with E-state index in [-0.39, 0.29) is 0 Å². The third kappa shape index (κ3) is 5.71. The molecule has 0 amide bonds. The van der Waals surface area contributed by atoms with E-state index in [1.165, 1.54) is 33.4 Å². The first-order valence-electron chi connectivity index (χ1n) is 22.2. The van der Waals surface area contributed by atoms with Crippen molar-refractivity contribution in [3.63, 3.8) is 0 Å². The number of furan rings is 2. The first kappa shape index (κ1) is 37.0. The fourth-order valence-electron chi connectivity index (χ4n) is 10.6. The number of benzene rings is 10. The van der Waals surface area contributed by atoms with Crippen LogP contribution in [0.3, 0.4) is 0 Å². The van der Waals surface area contributed by atoms with Gasteiger partial charge in [0, 0.05) is 56.7 Å². The first-order chi connectivity index (χ1) is 32.2. The van der Waals surface area contributed by atoms with Crippen molar-refractivity contribution in [3.8, 4) is 11.1 Å². The highest BCUT2D eigenvalue weighted by atomic mass is 16.3. The van der Waals surface area contributed by atoms with E-state index in [2.05, 4.69) is 240 Å². The van der Waals surface area contributed by atoms with E-state index in [0.29, 0.717) is 0 Å². The Kier molecular flexibility index (Phi) is 8.40. The second-order valence-corrected chi connectivity index (χ2v) is 16.8. The molecule has 0 fully saturated rings. The molecule has 13 rings (SSSR count). The van der Waals surface area contributed by atoms with Crippen molar-refractivity contribution in [2.75, 3.05) is 9.80 Å². The lowest BCUT2D eigenvalue weighted by Gasteiger charge is -2.35. The molecule has 0 spiro atoms. The van der Waals surface area contributed by atoms with Gasteiger partial charge >= 0.3 is 0 Å². The number of fused-ring (bicyclic) bond motifs is 9. The summed E-state index contributed by atoms with van der Waals surface area (Å²) in [6.07, 6.45) is 0. The second kappa shape index (κ2) is 14.8. The van der Waals surface area contributed by atoms with Gasteiger partial charge in [0.25, 0.3) is 0 Å². The van der Waals surface area contributed by atoms with Gasteiger partial charge in [-0.15, -0.1) is 0 Å². The van der Waals surface area contributed by atoms with E-state index < -0.39 is 5.41 Å². The van der Waals surface area contributed by atoms with Gasteiger partial charge in [0.05, 0.1) is 16.5 Å². The predicted octanol–water partition coefficient (Wildman–Crippen LogP) is 16.8. The Bertz CT molecular complexity index is 3690. The van der Waals surface area contributed by atoms with Crippen LogP contribution < -0.4 is 9.80 Å². The maximum absolute atomic E-state index is 6.88. The van der Waals surface area contributed by atoms with Crippen LogP contribution in [0.2, 0.25) is 0 Å². The predicted molar refractivity (Wildman–Crippen MR) is 268 cm³/mol. The lowest BCUT2D eigenvalue weighted by atomic mass is 9.67. The Balaban J connectivity index is 0.999. The summed E-state index contributed by atoms with van der Waals surface area (Å²) < 4.78 is 13.3. The summed E-state index contributed by atoms with van der Waals surface area (Å²) in [4.78, 5) is 4.67. The zero-order valence-corrected chi connectivity index (χ0v) is 35.3. The summed E-state index contributed by atoms with van der Waals surface area (Å²) in [5.74, 6) is 0. The second-order valence-electron chi connectivity index (χ2n) is 16.8. The van der Waals surface area contributed by atoms with E-state index in [1.807, 2.05) is 12.1 Å². The van der Waals surface area contributed by atoms with Crippen molar-refractivity contribution in [2.45, 2.75) is 5.41 Å². The number of hydrogen-bond donors (Lipinski definition) is 0. The minimum atomic E-state index is -0.531. The monoisotopic (exact) mass is 832 g/mol. The fraction of sp³-hybridized carbons (Fsp3) is 0.0164. The Morgan fingerprint density at radius 2 is 0.785 bits per heavy atom. The van der Waals surface area contributed by atoms with Crippen LogP contribution in [0.25, 0.3) is 55.0 Å². The van der Waals surface area contributed by atoms with Crippen LogP contribution in [0.4, 0.5) is 34.1 Å². The molecular weight excluding hydrogens is 793 g/mol. The highest BCUT2D eigenvalue weighted by Crippen LogP contribution is 2.57. The molecule has 0 bridgehead atoms. The van der Waals surface area contributed by atoms with Crippen molar-refractivity contribution in [3.05, 3.63) is 265 Å². The van der Waals surface area contributed by atoms with E-state index in [4.69, 9.17) is 8.83 Å². The minimum Gasteiger partial charge on any atom is -0.456 e. The van der Waals surface area contributed by atoms with Crippen molar-refractivity contribution in [1.29, 1.82) is 0 Å². The van der Waals surface area contributed by atoms with Gasteiger partial charge in [0.2, 0.25) is 0 Å². The van der Waals surface area contributed by atoms with Crippen molar-refractivity contribution in [1.82, 2.24) is 0 Å². The van der Waals surface area contributed by atoms with Crippen molar-refractivity contribution < 1.29 is 8.83 Å². The molecule has 0 N–H and O–H groups in total. The summed E-state index contributed by atoms with van der Waals surface area (Å²) in [5.41, 5.74) is 16.5. The maximum Gasteiger partial charge on any atom is 0.137 e. The van der Waals surface area contributed by atoms with Gasteiger partial charge in [0.15, 0.2) is 0 Å².